The normalized spacial score (nSPS) is 14.1. The van der Waals surface area contributed by atoms with E-state index in [4.69, 9.17) is 0 Å². The quantitative estimate of drug-likeness (QED) is 0.681. The zero-order chi connectivity index (χ0) is 20.1. The Morgan fingerprint density at radius 1 is 1.07 bits per heavy atom. The fourth-order valence-corrected chi connectivity index (χ4v) is 4.32. The zero-order valence-electron chi connectivity index (χ0n) is 15.8. The largest absolute Gasteiger partial charge is 0.372 e. The molecule has 1 N–H and O–H groups in total. The van der Waals surface area contributed by atoms with Gasteiger partial charge in [0.25, 0.3) is 0 Å². The van der Waals surface area contributed by atoms with Crippen LogP contribution < -0.4 is 14.5 Å². The van der Waals surface area contributed by atoms with Gasteiger partial charge in [-0.2, -0.15) is 0 Å². The summed E-state index contributed by atoms with van der Waals surface area (Å²) >= 11 is 3.32. The number of hydrogen-bond acceptors (Lipinski definition) is 4. The number of hydrogen-bond donors (Lipinski definition) is 1. The molecule has 1 aliphatic heterocycles. The Morgan fingerprint density at radius 3 is 2.25 bits per heavy atom. The Hall–Kier alpha value is -2.06. The molecule has 0 atom stereocenters. The summed E-state index contributed by atoms with van der Waals surface area (Å²) in [6.45, 7) is 2.28. The summed E-state index contributed by atoms with van der Waals surface area (Å²) in [6.07, 6.45) is 3.55. The van der Waals surface area contributed by atoms with Crippen molar-refractivity contribution in [2.24, 2.45) is 0 Å². The molecule has 150 valence electrons. The smallest absolute Gasteiger partial charge is 0.241 e. The molecule has 0 aliphatic carbocycles. The molecule has 28 heavy (non-hydrogen) atoms. The minimum Gasteiger partial charge on any atom is -0.372 e. The van der Waals surface area contributed by atoms with E-state index >= 15 is 0 Å². The highest BCUT2D eigenvalue weighted by Gasteiger charge is 2.20. The minimum absolute atomic E-state index is 0.258. The molecule has 1 amide bonds. The van der Waals surface area contributed by atoms with Crippen molar-refractivity contribution in [2.45, 2.75) is 19.4 Å². The van der Waals surface area contributed by atoms with Gasteiger partial charge in [-0.1, -0.05) is 28.1 Å². The molecule has 0 saturated carbocycles. The maximum atomic E-state index is 12.4. The van der Waals surface area contributed by atoms with Crippen LogP contribution in [0.4, 0.5) is 11.4 Å². The van der Waals surface area contributed by atoms with Crippen molar-refractivity contribution in [1.29, 1.82) is 0 Å². The summed E-state index contributed by atoms with van der Waals surface area (Å²) in [4.78, 5) is 14.7. The molecule has 8 heteroatoms. The molecule has 1 heterocycles. The van der Waals surface area contributed by atoms with E-state index in [1.54, 1.807) is 24.3 Å². The Kier molecular flexibility index (Phi) is 6.61. The van der Waals surface area contributed by atoms with E-state index in [1.807, 2.05) is 12.1 Å². The van der Waals surface area contributed by atoms with Crippen LogP contribution in [0.25, 0.3) is 0 Å². The first-order chi connectivity index (χ1) is 13.3. The molecule has 3 rings (SSSR count). The molecule has 1 fully saturated rings. The van der Waals surface area contributed by atoms with Gasteiger partial charge < -0.3 is 10.2 Å². The molecule has 6 nitrogen and oxygen atoms in total. The lowest BCUT2D eigenvalue weighted by atomic mass is 10.2. The fourth-order valence-electron chi connectivity index (χ4n) is 3.19. The summed E-state index contributed by atoms with van der Waals surface area (Å²) in [7, 11) is -3.57. The van der Waals surface area contributed by atoms with Crippen LogP contribution in [0.2, 0.25) is 0 Å². The topological polar surface area (TPSA) is 69.7 Å². The summed E-state index contributed by atoms with van der Waals surface area (Å²) in [6, 6.07) is 14.9. The van der Waals surface area contributed by atoms with Crippen molar-refractivity contribution in [3.05, 3.63) is 58.6 Å². The van der Waals surface area contributed by atoms with Crippen molar-refractivity contribution in [2.75, 3.05) is 35.1 Å². The van der Waals surface area contributed by atoms with Crippen molar-refractivity contribution in [1.82, 2.24) is 5.32 Å². The predicted molar refractivity (Wildman–Crippen MR) is 116 cm³/mol. The maximum Gasteiger partial charge on any atom is 0.241 e. The molecule has 0 spiro atoms. The second-order valence-electron chi connectivity index (χ2n) is 6.88. The number of nitrogens with one attached hydrogen (secondary N) is 1. The third kappa shape index (κ3) is 5.48. The first-order valence-electron chi connectivity index (χ1n) is 9.17. The molecule has 0 radical (unpaired) electrons. The monoisotopic (exact) mass is 465 g/mol. The third-order valence-electron chi connectivity index (χ3n) is 4.70. The third-order valence-corrected chi connectivity index (χ3v) is 6.37. The lowest BCUT2D eigenvalue weighted by molar-refractivity contribution is -0.119. The second-order valence-corrected chi connectivity index (χ2v) is 9.71. The number of benzene rings is 2. The summed E-state index contributed by atoms with van der Waals surface area (Å²) < 4.78 is 26.2. The van der Waals surface area contributed by atoms with Gasteiger partial charge in [0, 0.05) is 29.8 Å². The first kappa shape index (κ1) is 20.7. The predicted octanol–water partition coefficient (Wildman–Crippen LogP) is 3.13. The van der Waals surface area contributed by atoms with Crippen LogP contribution in [-0.4, -0.2) is 40.2 Å². The zero-order valence-corrected chi connectivity index (χ0v) is 18.2. The van der Waals surface area contributed by atoms with Crippen LogP contribution in [0.1, 0.15) is 18.4 Å². The number of carbonyl (C=O) groups excluding carboxylic acids is 1. The second kappa shape index (κ2) is 8.96. The number of sulfonamides is 1. The van der Waals surface area contributed by atoms with E-state index in [0.717, 1.165) is 33.7 Å². The van der Waals surface area contributed by atoms with Crippen LogP contribution in [0.3, 0.4) is 0 Å². The van der Waals surface area contributed by atoms with Gasteiger partial charge in [0.15, 0.2) is 0 Å². The van der Waals surface area contributed by atoms with E-state index in [1.165, 1.54) is 18.5 Å². The average molecular weight is 466 g/mol. The van der Waals surface area contributed by atoms with Gasteiger partial charge in [-0.25, -0.2) is 8.42 Å². The molecule has 0 bridgehead atoms. The van der Waals surface area contributed by atoms with E-state index in [-0.39, 0.29) is 12.5 Å². The number of carbonyl (C=O) groups is 1. The number of amides is 1. The lowest BCUT2D eigenvalue weighted by Gasteiger charge is -2.22. The van der Waals surface area contributed by atoms with Crippen LogP contribution in [0.15, 0.2) is 53.0 Å². The molecule has 2 aromatic carbocycles. The van der Waals surface area contributed by atoms with Crippen molar-refractivity contribution in [3.8, 4) is 0 Å². The average Bonchev–Trinajstić information content (AvgIpc) is 3.20. The highest BCUT2D eigenvalue weighted by Crippen LogP contribution is 2.21. The first-order valence-corrected chi connectivity index (χ1v) is 11.8. The summed E-state index contributed by atoms with van der Waals surface area (Å²) in [5.41, 5.74) is 2.63. The van der Waals surface area contributed by atoms with Crippen LogP contribution >= 0.6 is 15.9 Å². The van der Waals surface area contributed by atoms with Gasteiger partial charge >= 0.3 is 0 Å². The van der Waals surface area contributed by atoms with Crippen molar-refractivity contribution in [3.63, 3.8) is 0 Å². The number of rotatable bonds is 7. The van der Waals surface area contributed by atoms with E-state index in [2.05, 4.69) is 38.3 Å². The van der Waals surface area contributed by atoms with Crippen molar-refractivity contribution < 1.29 is 13.2 Å². The number of anilines is 2. The van der Waals surface area contributed by atoms with Crippen LogP contribution in [0.5, 0.6) is 0 Å². The van der Waals surface area contributed by atoms with Crippen LogP contribution in [0, 0.1) is 0 Å². The highest BCUT2D eigenvalue weighted by molar-refractivity contribution is 9.10. The van der Waals surface area contributed by atoms with E-state index in [0.29, 0.717) is 12.2 Å². The fraction of sp³-hybridized carbons (Fsp3) is 0.350. The molecule has 1 aliphatic rings. The van der Waals surface area contributed by atoms with Gasteiger partial charge in [0.1, 0.15) is 6.54 Å². The molecule has 1 saturated heterocycles. The van der Waals surface area contributed by atoms with E-state index in [9.17, 15) is 13.2 Å². The number of halogens is 1. The molecule has 0 aromatic heterocycles. The van der Waals surface area contributed by atoms with Gasteiger partial charge in [-0.05, 0) is 54.8 Å². The standard InChI is InChI=1S/C20H24BrN3O3S/c1-28(26,27)24(19-10-6-17(21)7-11-19)15-20(25)22-14-16-4-8-18(9-5-16)23-12-2-3-13-23/h4-11H,2-3,12-15H2,1H3,(H,22,25). The molecular weight excluding hydrogens is 442 g/mol. The maximum absolute atomic E-state index is 12.4. The number of nitrogens with zero attached hydrogens (tertiary/aromatic N) is 2. The Balaban J connectivity index is 1.59. The Labute approximate surface area is 174 Å². The van der Waals surface area contributed by atoms with Gasteiger partial charge in [0.2, 0.25) is 15.9 Å². The van der Waals surface area contributed by atoms with Gasteiger partial charge in [-0.3, -0.25) is 9.10 Å². The summed E-state index contributed by atoms with van der Waals surface area (Å²) in [5.74, 6) is -0.350. The highest BCUT2D eigenvalue weighted by atomic mass is 79.9. The van der Waals surface area contributed by atoms with Crippen LogP contribution in [-0.2, 0) is 21.4 Å². The SMILES string of the molecule is CS(=O)(=O)N(CC(=O)NCc1ccc(N2CCCC2)cc1)c1ccc(Br)cc1. The lowest BCUT2D eigenvalue weighted by Crippen LogP contribution is -2.40. The van der Waals surface area contributed by atoms with Crippen molar-refractivity contribution >= 4 is 43.2 Å². The van der Waals surface area contributed by atoms with E-state index < -0.39 is 10.0 Å². The summed E-state index contributed by atoms with van der Waals surface area (Å²) in [5, 5.41) is 2.80. The minimum atomic E-state index is -3.57. The molecule has 0 unspecified atom stereocenters. The molecular formula is C20H24BrN3O3S. The van der Waals surface area contributed by atoms with Gasteiger partial charge in [0.05, 0.1) is 11.9 Å². The Bertz CT molecular complexity index is 909. The van der Waals surface area contributed by atoms with Gasteiger partial charge in [-0.15, -0.1) is 0 Å². The Morgan fingerprint density at radius 2 is 1.68 bits per heavy atom. The molecule has 2 aromatic rings.